The summed E-state index contributed by atoms with van der Waals surface area (Å²) in [5.74, 6) is 0. The average Bonchev–Trinajstić information content (AvgIpc) is 3.11. The Bertz CT molecular complexity index is 1150. The molecule has 0 aliphatic heterocycles. The molecule has 6 nitrogen and oxygen atoms in total. The number of benzene rings is 2. The number of aromatic nitrogens is 2. The molecule has 2 aromatic heterocycles. The van der Waals surface area contributed by atoms with Crippen LogP contribution < -0.4 is 5.69 Å². The molecule has 0 aliphatic carbocycles. The van der Waals surface area contributed by atoms with Crippen molar-refractivity contribution in [2.45, 2.75) is 6.54 Å². The van der Waals surface area contributed by atoms with Gasteiger partial charge < -0.3 is 0 Å². The van der Waals surface area contributed by atoms with E-state index in [0.29, 0.717) is 22.5 Å². The van der Waals surface area contributed by atoms with Crippen molar-refractivity contribution in [3.63, 3.8) is 0 Å². The summed E-state index contributed by atoms with van der Waals surface area (Å²) in [7, 11) is 0. The Morgan fingerprint density at radius 2 is 1.69 bits per heavy atom. The molecule has 2 heterocycles. The number of nitrogens with zero attached hydrogens (tertiary/aromatic N) is 3. The normalized spacial score (nSPS) is 10.9. The van der Waals surface area contributed by atoms with Crippen LogP contribution in [0.4, 0.5) is 5.00 Å². The van der Waals surface area contributed by atoms with Crippen LogP contribution in [-0.4, -0.2) is 14.5 Å². The number of nitro groups is 1. The summed E-state index contributed by atoms with van der Waals surface area (Å²) < 4.78 is 1.49. The molecule has 4 aromatic rings. The number of fused-ring (bicyclic) bond motifs is 1. The van der Waals surface area contributed by atoms with Gasteiger partial charge in [-0.2, -0.15) is 4.98 Å². The van der Waals surface area contributed by atoms with Gasteiger partial charge >= 0.3 is 10.7 Å². The summed E-state index contributed by atoms with van der Waals surface area (Å²) in [4.78, 5) is 28.3. The van der Waals surface area contributed by atoms with Gasteiger partial charge in [0.25, 0.3) is 0 Å². The second-order valence-corrected chi connectivity index (χ2v) is 6.75. The highest BCUT2D eigenvalue weighted by atomic mass is 32.1. The van der Waals surface area contributed by atoms with Gasteiger partial charge in [0.15, 0.2) is 0 Å². The summed E-state index contributed by atoms with van der Waals surface area (Å²) in [6.45, 7) is 0.315. The van der Waals surface area contributed by atoms with Crippen molar-refractivity contribution in [1.29, 1.82) is 0 Å². The van der Waals surface area contributed by atoms with Crippen molar-refractivity contribution >= 4 is 26.6 Å². The standard InChI is InChI=1S/C19H13N3O3S/c23-19-20-17(14-9-5-2-6-10-14)15-11-16(22(24)25)26-18(15)21(19)12-13-7-3-1-4-8-13/h1-11H,12H2. The molecule has 0 spiro atoms. The van der Waals surface area contributed by atoms with E-state index in [2.05, 4.69) is 4.98 Å². The van der Waals surface area contributed by atoms with Crippen LogP contribution in [0.5, 0.6) is 0 Å². The highest BCUT2D eigenvalue weighted by Crippen LogP contribution is 2.35. The van der Waals surface area contributed by atoms with E-state index in [0.717, 1.165) is 22.5 Å². The lowest BCUT2D eigenvalue weighted by molar-refractivity contribution is -0.380. The predicted molar refractivity (Wildman–Crippen MR) is 102 cm³/mol. The molecule has 0 bridgehead atoms. The van der Waals surface area contributed by atoms with Gasteiger partial charge in [-0.15, -0.1) is 0 Å². The van der Waals surface area contributed by atoms with E-state index >= 15 is 0 Å². The molecular weight excluding hydrogens is 350 g/mol. The highest BCUT2D eigenvalue weighted by Gasteiger charge is 2.20. The van der Waals surface area contributed by atoms with Crippen LogP contribution in [0, 0.1) is 10.1 Å². The van der Waals surface area contributed by atoms with Crippen molar-refractivity contribution in [3.05, 3.63) is 92.9 Å². The van der Waals surface area contributed by atoms with Crippen LogP contribution in [0.2, 0.25) is 0 Å². The van der Waals surface area contributed by atoms with Crippen LogP contribution in [0.25, 0.3) is 21.5 Å². The maximum Gasteiger partial charge on any atom is 0.349 e. The third kappa shape index (κ3) is 2.89. The van der Waals surface area contributed by atoms with Gasteiger partial charge in [-0.25, -0.2) is 4.79 Å². The zero-order valence-electron chi connectivity index (χ0n) is 13.5. The fourth-order valence-electron chi connectivity index (χ4n) is 2.85. The van der Waals surface area contributed by atoms with Crippen LogP contribution in [0.1, 0.15) is 5.56 Å². The fourth-order valence-corrected chi connectivity index (χ4v) is 3.82. The van der Waals surface area contributed by atoms with Crippen molar-refractivity contribution < 1.29 is 4.92 Å². The zero-order valence-corrected chi connectivity index (χ0v) is 14.3. The fraction of sp³-hybridized carbons (Fsp3) is 0.0526. The minimum Gasteiger partial charge on any atom is -0.278 e. The summed E-state index contributed by atoms with van der Waals surface area (Å²) in [5.41, 5.74) is 1.74. The summed E-state index contributed by atoms with van der Waals surface area (Å²) in [6, 6.07) is 20.2. The van der Waals surface area contributed by atoms with Gasteiger partial charge in [0, 0.05) is 17.0 Å². The molecule has 26 heavy (non-hydrogen) atoms. The maximum absolute atomic E-state index is 12.7. The van der Waals surface area contributed by atoms with E-state index in [1.54, 1.807) is 0 Å². The molecule has 0 amide bonds. The SMILES string of the molecule is O=c1nc(-c2ccccc2)c2cc([N+](=O)[O-])sc2n1Cc1ccccc1. The molecular formula is C19H13N3O3S. The van der Waals surface area contributed by atoms with Crippen LogP contribution in [0.3, 0.4) is 0 Å². The van der Waals surface area contributed by atoms with Crippen molar-refractivity contribution in [1.82, 2.24) is 9.55 Å². The second-order valence-electron chi connectivity index (χ2n) is 5.74. The lowest BCUT2D eigenvalue weighted by Gasteiger charge is -2.09. The Kier molecular flexibility index (Phi) is 4.06. The Hall–Kier alpha value is -3.32. The molecule has 2 aromatic carbocycles. The van der Waals surface area contributed by atoms with Crippen molar-refractivity contribution in [2.75, 3.05) is 0 Å². The lowest BCUT2D eigenvalue weighted by Crippen LogP contribution is -2.23. The van der Waals surface area contributed by atoms with Crippen LogP contribution in [-0.2, 0) is 6.54 Å². The molecule has 0 atom stereocenters. The van der Waals surface area contributed by atoms with Crippen molar-refractivity contribution in [3.8, 4) is 11.3 Å². The minimum atomic E-state index is -0.434. The van der Waals surface area contributed by atoms with Crippen LogP contribution in [0.15, 0.2) is 71.5 Å². The number of thiophene rings is 1. The highest BCUT2D eigenvalue weighted by molar-refractivity contribution is 7.21. The van der Waals surface area contributed by atoms with Crippen LogP contribution >= 0.6 is 11.3 Å². The van der Waals surface area contributed by atoms with Gasteiger partial charge in [0.2, 0.25) is 0 Å². The minimum absolute atomic E-state index is 0.00797. The van der Waals surface area contributed by atoms with E-state index < -0.39 is 10.6 Å². The monoisotopic (exact) mass is 363 g/mol. The topological polar surface area (TPSA) is 78.0 Å². The first-order chi connectivity index (χ1) is 12.6. The van der Waals surface area contributed by atoms with Gasteiger partial charge in [0.1, 0.15) is 4.83 Å². The molecule has 0 unspecified atom stereocenters. The largest absolute Gasteiger partial charge is 0.349 e. The van der Waals surface area contributed by atoms with Gasteiger partial charge in [0.05, 0.1) is 17.2 Å². The van der Waals surface area contributed by atoms with Crippen molar-refractivity contribution in [2.24, 2.45) is 0 Å². The van der Waals surface area contributed by atoms with Gasteiger partial charge in [-0.3, -0.25) is 14.7 Å². The van der Waals surface area contributed by atoms with E-state index in [9.17, 15) is 14.9 Å². The number of hydrogen-bond donors (Lipinski definition) is 0. The van der Waals surface area contributed by atoms with E-state index in [1.165, 1.54) is 10.6 Å². The Balaban J connectivity index is 1.97. The lowest BCUT2D eigenvalue weighted by atomic mass is 10.1. The van der Waals surface area contributed by atoms with Gasteiger partial charge in [-0.05, 0) is 16.9 Å². The molecule has 0 saturated carbocycles. The first-order valence-electron chi connectivity index (χ1n) is 7.91. The van der Waals surface area contributed by atoms with E-state index in [4.69, 9.17) is 0 Å². The van der Waals surface area contributed by atoms with E-state index in [-0.39, 0.29) is 5.00 Å². The molecule has 0 aliphatic rings. The predicted octanol–water partition coefficient (Wildman–Crippen LogP) is 4.08. The maximum atomic E-state index is 12.7. The molecule has 0 radical (unpaired) electrons. The zero-order chi connectivity index (χ0) is 18.1. The third-order valence-electron chi connectivity index (χ3n) is 4.05. The summed E-state index contributed by atoms with van der Waals surface area (Å²) in [5, 5.41) is 11.9. The second kappa shape index (κ2) is 6.53. The molecule has 4 rings (SSSR count). The van der Waals surface area contributed by atoms with Gasteiger partial charge in [-0.1, -0.05) is 60.7 Å². The molecule has 7 heteroatoms. The average molecular weight is 363 g/mol. The Morgan fingerprint density at radius 3 is 2.35 bits per heavy atom. The molecule has 128 valence electrons. The molecule has 0 saturated heterocycles. The first-order valence-corrected chi connectivity index (χ1v) is 8.73. The smallest absolute Gasteiger partial charge is 0.278 e. The first kappa shape index (κ1) is 16.2. The number of hydrogen-bond acceptors (Lipinski definition) is 5. The molecule has 0 N–H and O–H groups in total. The molecule has 0 fully saturated rings. The van der Waals surface area contributed by atoms with E-state index in [1.807, 2.05) is 60.7 Å². The third-order valence-corrected chi connectivity index (χ3v) is 5.16. The number of rotatable bonds is 4. The summed E-state index contributed by atoms with van der Waals surface area (Å²) in [6.07, 6.45) is 0. The Morgan fingerprint density at radius 1 is 1.04 bits per heavy atom. The Labute approximate surface area is 152 Å². The quantitative estimate of drug-likeness (QED) is 0.404. The summed E-state index contributed by atoms with van der Waals surface area (Å²) >= 11 is 0.998.